The summed E-state index contributed by atoms with van der Waals surface area (Å²) in [6, 6.07) is 6.34. The number of rotatable bonds is 3. The van der Waals surface area contributed by atoms with Crippen LogP contribution in [0.1, 0.15) is 44.7 Å². The molecule has 1 aromatic heterocycles. The van der Waals surface area contributed by atoms with E-state index in [1.165, 1.54) is 32.1 Å². The fraction of sp³-hybridized carbons (Fsp3) is 0.533. The van der Waals surface area contributed by atoms with E-state index in [0.29, 0.717) is 11.2 Å². The van der Waals surface area contributed by atoms with Crippen LogP contribution >= 0.6 is 12.2 Å². The second-order valence-electron chi connectivity index (χ2n) is 5.23. The number of aromatic nitrogens is 1. The summed E-state index contributed by atoms with van der Waals surface area (Å²) < 4.78 is 0. The van der Waals surface area contributed by atoms with Crippen LogP contribution in [0.3, 0.4) is 0 Å². The standard InChI is InChI=1S/C15H22N4S/c1-12(14-10-6-7-11-16-14)17-18-15(20)19(2)13-8-4-3-5-9-13/h6-7,10-11,13H,3-5,8-9H2,1-2H3,(H,18,20)/b17-12+. The van der Waals surface area contributed by atoms with E-state index >= 15 is 0 Å². The van der Waals surface area contributed by atoms with Crippen molar-refractivity contribution in [3.63, 3.8) is 0 Å². The third kappa shape index (κ3) is 4.00. The number of hydrogen-bond donors (Lipinski definition) is 1. The van der Waals surface area contributed by atoms with Crippen LogP contribution < -0.4 is 5.43 Å². The van der Waals surface area contributed by atoms with Crippen LogP contribution in [0, 0.1) is 0 Å². The quantitative estimate of drug-likeness (QED) is 0.528. The van der Waals surface area contributed by atoms with E-state index in [9.17, 15) is 0 Å². The van der Waals surface area contributed by atoms with Crippen molar-refractivity contribution in [2.45, 2.75) is 45.1 Å². The third-order valence-corrected chi connectivity index (χ3v) is 4.18. The Morgan fingerprint density at radius 3 is 2.75 bits per heavy atom. The molecule has 1 heterocycles. The molecule has 1 N–H and O–H groups in total. The third-order valence-electron chi connectivity index (χ3n) is 3.80. The fourth-order valence-corrected chi connectivity index (χ4v) is 2.67. The van der Waals surface area contributed by atoms with Crippen molar-refractivity contribution in [1.29, 1.82) is 0 Å². The largest absolute Gasteiger partial charge is 0.348 e. The highest BCUT2D eigenvalue weighted by molar-refractivity contribution is 7.80. The lowest BCUT2D eigenvalue weighted by atomic mass is 9.95. The van der Waals surface area contributed by atoms with Crippen molar-refractivity contribution >= 4 is 23.0 Å². The molecule has 0 aromatic carbocycles. The Morgan fingerprint density at radius 2 is 2.10 bits per heavy atom. The number of nitrogens with one attached hydrogen (secondary N) is 1. The van der Waals surface area contributed by atoms with Crippen LogP contribution in [0.5, 0.6) is 0 Å². The number of thiocarbonyl (C=S) groups is 1. The van der Waals surface area contributed by atoms with Crippen molar-refractivity contribution in [2.75, 3.05) is 7.05 Å². The lowest BCUT2D eigenvalue weighted by Gasteiger charge is -2.32. The number of nitrogens with zero attached hydrogens (tertiary/aromatic N) is 3. The summed E-state index contributed by atoms with van der Waals surface area (Å²) >= 11 is 5.41. The maximum absolute atomic E-state index is 5.41. The first-order valence-electron chi connectivity index (χ1n) is 7.17. The Hall–Kier alpha value is -1.49. The van der Waals surface area contributed by atoms with Gasteiger partial charge in [-0.2, -0.15) is 5.10 Å². The predicted molar refractivity (Wildman–Crippen MR) is 86.8 cm³/mol. The second-order valence-corrected chi connectivity index (χ2v) is 5.62. The van der Waals surface area contributed by atoms with Gasteiger partial charge in [-0.25, -0.2) is 0 Å². The summed E-state index contributed by atoms with van der Waals surface area (Å²) in [4.78, 5) is 6.41. The van der Waals surface area contributed by atoms with Gasteiger partial charge in [0, 0.05) is 19.3 Å². The van der Waals surface area contributed by atoms with Crippen molar-refractivity contribution in [3.05, 3.63) is 30.1 Å². The van der Waals surface area contributed by atoms with Crippen LogP contribution in [-0.2, 0) is 0 Å². The number of pyridine rings is 1. The molecule has 0 radical (unpaired) electrons. The molecule has 0 saturated heterocycles. The first-order chi connectivity index (χ1) is 9.68. The summed E-state index contributed by atoms with van der Waals surface area (Å²) in [5.41, 5.74) is 4.69. The maximum atomic E-state index is 5.41. The molecule has 1 aliphatic carbocycles. The van der Waals surface area contributed by atoms with Crippen LogP contribution in [0.4, 0.5) is 0 Å². The van der Waals surface area contributed by atoms with Crippen LogP contribution in [0.2, 0.25) is 0 Å². The van der Waals surface area contributed by atoms with Gasteiger partial charge in [0.25, 0.3) is 0 Å². The van der Waals surface area contributed by atoms with Gasteiger partial charge in [-0.3, -0.25) is 10.4 Å². The monoisotopic (exact) mass is 290 g/mol. The van der Waals surface area contributed by atoms with Crippen molar-refractivity contribution in [1.82, 2.24) is 15.3 Å². The minimum Gasteiger partial charge on any atom is -0.348 e. The molecular weight excluding hydrogens is 268 g/mol. The molecule has 0 amide bonds. The van der Waals surface area contributed by atoms with E-state index < -0.39 is 0 Å². The summed E-state index contributed by atoms with van der Waals surface area (Å²) in [5.74, 6) is 0. The minimum absolute atomic E-state index is 0.550. The number of hydrazone groups is 1. The van der Waals surface area contributed by atoms with Gasteiger partial charge >= 0.3 is 0 Å². The molecule has 1 saturated carbocycles. The van der Waals surface area contributed by atoms with Gasteiger partial charge in [0.05, 0.1) is 11.4 Å². The maximum Gasteiger partial charge on any atom is 0.189 e. The van der Waals surface area contributed by atoms with Crippen LogP contribution in [0.15, 0.2) is 29.5 Å². The molecule has 1 aromatic rings. The topological polar surface area (TPSA) is 40.5 Å². The Kier molecular flexibility index (Phi) is 5.47. The van der Waals surface area contributed by atoms with E-state index in [2.05, 4.69) is 27.5 Å². The smallest absolute Gasteiger partial charge is 0.189 e. The minimum atomic E-state index is 0.550. The van der Waals surface area contributed by atoms with Crippen LogP contribution in [-0.4, -0.2) is 33.8 Å². The van der Waals surface area contributed by atoms with Crippen molar-refractivity contribution in [3.8, 4) is 0 Å². The molecule has 0 bridgehead atoms. The first kappa shape index (κ1) is 14.9. The first-order valence-corrected chi connectivity index (χ1v) is 7.58. The zero-order valence-corrected chi connectivity index (χ0v) is 13.0. The molecule has 0 atom stereocenters. The second kappa shape index (κ2) is 7.33. The van der Waals surface area contributed by atoms with E-state index in [-0.39, 0.29) is 0 Å². The summed E-state index contributed by atoms with van der Waals surface area (Å²) in [7, 11) is 2.05. The van der Waals surface area contributed by atoms with Gasteiger partial charge in [0.1, 0.15) is 0 Å². The molecule has 5 heteroatoms. The molecule has 1 aliphatic rings. The summed E-state index contributed by atoms with van der Waals surface area (Å²) in [5, 5.41) is 5.02. The molecule has 0 unspecified atom stereocenters. The molecule has 4 nitrogen and oxygen atoms in total. The zero-order chi connectivity index (χ0) is 14.4. The van der Waals surface area contributed by atoms with Gasteiger partial charge in [0.2, 0.25) is 0 Å². The molecule has 0 spiro atoms. The average Bonchev–Trinajstić information content (AvgIpc) is 2.53. The van der Waals surface area contributed by atoms with E-state index in [1.807, 2.05) is 25.1 Å². The van der Waals surface area contributed by atoms with Gasteiger partial charge in [-0.1, -0.05) is 25.3 Å². The van der Waals surface area contributed by atoms with E-state index in [4.69, 9.17) is 12.2 Å². The van der Waals surface area contributed by atoms with Gasteiger partial charge in [-0.15, -0.1) is 0 Å². The lowest BCUT2D eigenvalue weighted by Crippen LogP contribution is -2.42. The lowest BCUT2D eigenvalue weighted by molar-refractivity contribution is 0.276. The van der Waals surface area contributed by atoms with Gasteiger partial charge in [-0.05, 0) is 44.1 Å². The molecule has 2 rings (SSSR count). The Bertz CT molecular complexity index is 466. The van der Waals surface area contributed by atoms with Crippen molar-refractivity contribution < 1.29 is 0 Å². The van der Waals surface area contributed by atoms with E-state index in [0.717, 1.165) is 11.4 Å². The predicted octanol–water partition coefficient (Wildman–Crippen LogP) is 2.94. The summed E-state index contributed by atoms with van der Waals surface area (Å²) in [6.07, 6.45) is 8.16. The average molecular weight is 290 g/mol. The number of hydrogen-bond acceptors (Lipinski definition) is 3. The van der Waals surface area contributed by atoms with Crippen molar-refractivity contribution in [2.24, 2.45) is 5.10 Å². The molecule has 20 heavy (non-hydrogen) atoms. The van der Waals surface area contributed by atoms with Gasteiger partial charge in [0.15, 0.2) is 5.11 Å². The normalized spacial score (nSPS) is 16.8. The molecular formula is C15H22N4S. The Morgan fingerprint density at radius 1 is 1.35 bits per heavy atom. The van der Waals surface area contributed by atoms with Gasteiger partial charge < -0.3 is 4.90 Å². The highest BCUT2D eigenvalue weighted by Crippen LogP contribution is 2.21. The highest BCUT2D eigenvalue weighted by Gasteiger charge is 2.19. The molecule has 1 fully saturated rings. The fourth-order valence-electron chi connectivity index (χ4n) is 2.48. The summed E-state index contributed by atoms with van der Waals surface area (Å²) in [6.45, 7) is 1.93. The SMILES string of the molecule is C/C(=N\NC(=S)N(C)C1CCCCC1)c1ccccn1. The van der Waals surface area contributed by atoms with Crippen LogP contribution in [0.25, 0.3) is 0 Å². The Labute approximate surface area is 126 Å². The molecule has 0 aliphatic heterocycles. The highest BCUT2D eigenvalue weighted by atomic mass is 32.1. The molecule has 108 valence electrons. The zero-order valence-electron chi connectivity index (χ0n) is 12.2. The Balaban J connectivity index is 1.90. The van der Waals surface area contributed by atoms with E-state index in [1.54, 1.807) is 6.20 Å².